The Morgan fingerprint density at radius 1 is 1.32 bits per heavy atom. The van der Waals surface area contributed by atoms with Crippen molar-refractivity contribution in [1.29, 1.82) is 0 Å². The fourth-order valence-corrected chi connectivity index (χ4v) is 2.68. The summed E-state index contributed by atoms with van der Waals surface area (Å²) in [5.74, 6) is 0.0156. The molecular formula is C13H20N2O3S. The van der Waals surface area contributed by atoms with E-state index in [1.165, 1.54) is 4.90 Å². The lowest BCUT2D eigenvalue weighted by atomic mass is 10.1. The molecule has 6 heteroatoms. The van der Waals surface area contributed by atoms with Gasteiger partial charge in [0.25, 0.3) is 5.91 Å². The minimum atomic E-state index is -3.22. The Morgan fingerprint density at radius 2 is 2.00 bits per heavy atom. The van der Waals surface area contributed by atoms with Gasteiger partial charge in [0.15, 0.2) is 0 Å². The molecule has 0 aromatic heterocycles. The van der Waals surface area contributed by atoms with Crippen molar-refractivity contribution in [3.63, 3.8) is 0 Å². The van der Waals surface area contributed by atoms with Gasteiger partial charge in [0.1, 0.15) is 0 Å². The Bertz CT molecular complexity index is 539. The van der Waals surface area contributed by atoms with Crippen molar-refractivity contribution in [2.45, 2.75) is 19.9 Å². The van der Waals surface area contributed by atoms with E-state index in [-0.39, 0.29) is 18.2 Å². The van der Waals surface area contributed by atoms with Gasteiger partial charge >= 0.3 is 0 Å². The molecular weight excluding hydrogens is 264 g/mol. The molecule has 19 heavy (non-hydrogen) atoms. The Morgan fingerprint density at radius 3 is 2.58 bits per heavy atom. The van der Waals surface area contributed by atoms with E-state index in [1.54, 1.807) is 38.4 Å². The summed E-state index contributed by atoms with van der Waals surface area (Å²) in [6, 6.07) is 6.96. The number of hydrogen-bond donors (Lipinski definition) is 1. The van der Waals surface area contributed by atoms with E-state index in [4.69, 9.17) is 0 Å². The molecule has 1 N–H and O–H groups in total. The highest BCUT2D eigenvalue weighted by Crippen LogP contribution is 2.07. The smallest absolute Gasteiger partial charge is 0.253 e. The first-order chi connectivity index (χ1) is 8.85. The lowest BCUT2D eigenvalue weighted by Gasteiger charge is -2.11. The van der Waals surface area contributed by atoms with Crippen LogP contribution in [0.25, 0.3) is 0 Å². The molecule has 0 unspecified atom stereocenters. The number of nitrogens with zero attached hydrogens (tertiary/aromatic N) is 1. The van der Waals surface area contributed by atoms with Crippen LogP contribution in [0.15, 0.2) is 24.3 Å². The predicted octanol–water partition coefficient (Wildman–Crippen LogP) is 1.22. The lowest BCUT2D eigenvalue weighted by Crippen LogP contribution is -2.26. The summed E-state index contributed by atoms with van der Waals surface area (Å²) in [5.41, 5.74) is 1.32. The van der Waals surface area contributed by atoms with Gasteiger partial charge in [-0.25, -0.2) is 13.1 Å². The SMILES string of the molecule is CCCS(=O)(=O)NCc1cccc(C(=O)N(C)C)c1. The maximum absolute atomic E-state index is 11.8. The molecule has 0 radical (unpaired) electrons. The van der Waals surface area contributed by atoms with Crippen molar-refractivity contribution in [1.82, 2.24) is 9.62 Å². The second-order valence-electron chi connectivity index (χ2n) is 4.54. The topological polar surface area (TPSA) is 66.5 Å². The Labute approximate surface area is 114 Å². The summed E-state index contributed by atoms with van der Waals surface area (Å²) in [6.07, 6.45) is 0.578. The second kappa shape index (κ2) is 6.68. The Balaban J connectivity index is 2.76. The standard InChI is InChI=1S/C13H20N2O3S/c1-4-8-19(17,18)14-10-11-6-5-7-12(9-11)13(16)15(2)3/h5-7,9,14H,4,8,10H2,1-3H3. The van der Waals surface area contributed by atoms with Gasteiger partial charge in [-0.1, -0.05) is 19.1 Å². The molecule has 0 heterocycles. The van der Waals surface area contributed by atoms with Crippen molar-refractivity contribution >= 4 is 15.9 Å². The summed E-state index contributed by atoms with van der Waals surface area (Å²) < 4.78 is 25.6. The number of nitrogens with one attached hydrogen (secondary N) is 1. The van der Waals surface area contributed by atoms with Gasteiger partial charge in [0.05, 0.1) is 5.75 Å². The van der Waals surface area contributed by atoms with Crippen LogP contribution in [0.2, 0.25) is 0 Å². The number of sulfonamides is 1. The van der Waals surface area contributed by atoms with Gasteiger partial charge in [0.2, 0.25) is 10.0 Å². The maximum atomic E-state index is 11.8. The predicted molar refractivity (Wildman–Crippen MR) is 75.4 cm³/mol. The van der Waals surface area contributed by atoms with Crippen LogP contribution in [0, 0.1) is 0 Å². The van der Waals surface area contributed by atoms with Crippen molar-refractivity contribution in [3.05, 3.63) is 35.4 Å². The van der Waals surface area contributed by atoms with E-state index in [0.717, 1.165) is 5.56 Å². The number of rotatable bonds is 6. The van der Waals surface area contributed by atoms with Crippen LogP contribution in [0.4, 0.5) is 0 Å². The quantitative estimate of drug-likeness (QED) is 0.854. The van der Waals surface area contributed by atoms with Gasteiger partial charge < -0.3 is 4.90 Å². The molecule has 0 aliphatic carbocycles. The van der Waals surface area contributed by atoms with Crippen LogP contribution < -0.4 is 4.72 Å². The average molecular weight is 284 g/mol. The summed E-state index contributed by atoms with van der Waals surface area (Å²) >= 11 is 0. The number of benzene rings is 1. The molecule has 1 amide bonds. The number of hydrogen-bond acceptors (Lipinski definition) is 3. The summed E-state index contributed by atoms with van der Waals surface area (Å²) in [6.45, 7) is 2.02. The molecule has 1 aromatic carbocycles. The zero-order valence-corrected chi connectivity index (χ0v) is 12.3. The van der Waals surface area contributed by atoms with E-state index >= 15 is 0 Å². The van der Waals surface area contributed by atoms with E-state index in [1.807, 2.05) is 6.92 Å². The van der Waals surface area contributed by atoms with Crippen LogP contribution in [0.1, 0.15) is 29.3 Å². The molecule has 0 aliphatic heterocycles. The molecule has 1 rings (SSSR count). The van der Waals surface area contributed by atoms with Crippen LogP contribution in [0.3, 0.4) is 0 Å². The first kappa shape index (κ1) is 15.7. The summed E-state index contributed by atoms with van der Waals surface area (Å²) in [4.78, 5) is 13.3. The summed E-state index contributed by atoms with van der Waals surface area (Å²) in [7, 11) is 0.134. The maximum Gasteiger partial charge on any atom is 0.253 e. The molecule has 106 valence electrons. The molecule has 0 atom stereocenters. The Hall–Kier alpha value is -1.40. The molecule has 0 spiro atoms. The minimum Gasteiger partial charge on any atom is -0.345 e. The zero-order chi connectivity index (χ0) is 14.5. The molecule has 0 saturated heterocycles. The van der Waals surface area contributed by atoms with E-state index in [0.29, 0.717) is 12.0 Å². The van der Waals surface area contributed by atoms with Crippen molar-refractivity contribution in [2.75, 3.05) is 19.8 Å². The minimum absolute atomic E-state index is 0.0988. The largest absolute Gasteiger partial charge is 0.345 e. The molecule has 0 saturated carbocycles. The van der Waals surface area contributed by atoms with Crippen LogP contribution in [-0.4, -0.2) is 39.1 Å². The zero-order valence-electron chi connectivity index (χ0n) is 11.5. The molecule has 0 fully saturated rings. The van der Waals surface area contributed by atoms with E-state index < -0.39 is 10.0 Å². The van der Waals surface area contributed by atoms with E-state index in [9.17, 15) is 13.2 Å². The van der Waals surface area contributed by atoms with Crippen molar-refractivity contribution in [2.24, 2.45) is 0 Å². The number of amides is 1. The number of carbonyl (C=O) groups is 1. The molecule has 0 aliphatic rings. The fraction of sp³-hybridized carbons (Fsp3) is 0.462. The third-order valence-corrected chi connectivity index (χ3v) is 4.08. The van der Waals surface area contributed by atoms with Crippen LogP contribution in [0.5, 0.6) is 0 Å². The lowest BCUT2D eigenvalue weighted by molar-refractivity contribution is 0.0827. The van der Waals surface area contributed by atoms with Crippen LogP contribution in [-0.2, 0) is 16.6 Å². The normalized spacial score (nSPS) is 11.3. The van der Waals surface area contributed by atoms with Gasteiger partial charge in [-0.15, -0.1) is 0 Å². The third kappa shape index (κ3) is 5.00. The Kier molecular flexibility index (Phi) is 5.50. The first-order valence-electron chi connectivity index (χ1n) is 6.13. The molecule has 5 nitrogen and oxygen atoms in total. The van der Waals surface area contributed by atoms with Crippen LogP contribution >= 0.6 is 0 Å². The third-order valence-electron chi connectivity index (χ3n) is 2.55. The highest BCUT2D eigenvalue weighted by molar-refractivity contribution is 7.89. The molecule has 0 bridgehead atoms. The van der Waals surface area contributed by atoms with Gasteiger partial charge in [-0.05, 0) is 24.1 Å². The second-order valence-corrected chi connectivity index (χ2v) is 6.47. The van der Waals surface area contributed by atoms with E-state index in [2.05, 4.69) is 4.72 Å². The number of carbonyl (C=O) groups excluding carboxylic acids is 1. The molecule has 1 aromatic rings. The highest BCUT2D eigenvalue weighted by Gasteiger charge is 2.10. The summed E-state index contributed by atoms with van der Waals surface area (Å²) in [5, 5.41) is 0. The monoisotopic (exact) mass is 284 g/mol. The van der Waals surface area contributed by atoms with Gasteiger partial charge in [-0.2, -0.15) is 0 Å². The van der Waals surface area contributed by atoms with Gasteiger partial charge in [0, 0.05) is 26.2 Å². The first-order valence-corrected chi connectivity index (χ1v) is 7.79. The highest BCUT2D eigenvalue weighted by atomic mass is 32.2. The van der Waals surface area contributed by atoms with Gasteiger partial charge in [-0.3, -0.25) is 4.79 Å². The van der Waals surface area contributed by atoms with Crippen molar-refractivity contribution in [3.8, 4) is 0 Å². The fourth-order valence-electron chi connectivity index (χ4n) is 1.61. The average Bonchev–Trinajstić information content (AvgIpc) is 2.36. The van der Waals surface area contributed by atoms with Crippen molar-refractivity contribution < 1.29 is 13.2 Å².